The Bertz CT molecular complexity index is 2850. The zero-order valence-electron chi connectivity index (χ0n) is 25.6. The van der Waals surface area contributed by atoms with Crippen LogP contribution < -0.4 is 0 Å². The quantitative estimate of drug-likeness (QED) is 0.197. The highest BCUT2D eigenvalue weighted by Gasteiger charge is 2.21. The molecular weight excluding hydrogens is 590 g/mol. The minimum atomic E-state index is 0.543. The Morgan fingerprint density at radius 1 is 0.354 bits per heavy atom. The van der Waals surface area contributed by atoms with Crippen molar-refractivity contribution < 1.29 is 8.83 Å². The van der Waals surface area contributed by atoms with Gasteiger partial charge in [0.1, 0.15) is 22.3 Å². The second-order valence-electron chi connectivity index (χ2n) is 12.0. The average Bonchev–Trinajstić information content (AvgIpc) is 3.73. The first-order chi connectivity index (χ1) is 23.8. The average molecular weight is 616 g/mol. The highest BCUT2D eigenvalue weighted by atomic mass is 16.3. The molecule has 0 radical (unpaired) electrons. The number of hydrogen-bond acceptors (Lipinski definition) is 5. The third-order valence-corrected chi connectivity index (χ3v) is 9.14. The van der Waals surface area contributed by atoms with Gasteiger partial charge in [-0.2, -0.15) is 0 Å². The summed E-state index contributed by atoms with van der Waals surface area (Å²) in [6.07, 6.45) is 0. The maximum atomic E-state index is 6.46. The normalized spacial score (nSPS) is 11.8. The molecule has 10 aromatic rings. The lowest BCUT2D eigenvalue weighted by atomic mass is 9.97. The predicted octanol–water partition coefficient (Wildman–Crippen LogP) is 11.5. The SMILES string of the molecule is c1ccc(-c2cccc3oc4cccc(-c5nc(-c6ccc7ccccc7c6)nc(-c6cccc7c6oc6ccccc67)n5)c4c23)cc1. The van der Waals surface area contributed by atoms with E-state index < -0.39 is 0 Å². The fourth-order valence-corrected chi connectivity index (χ4v) is 6.91. The molecule has 224 valence electrons. The summed E-state index contributed by atoms with van der Waals surface area (Å²) in [5, 5.41) is 6.35. The summed E-state index contributed by atoms with van der Waals surface area (Å²) in [7, 11) is 0. The van der Waals surface area contributed by atoms with E-state index in [1.54, 1.807) is 0 Å². The maximum Gasteiger partial charge on any atom is 0.167 e. The van der Waals surface area contributed by atoms with E-state index in [1.807, 2.05) is 66.7 Å². The van der Waals surface area contributed by atoms with Gasteiger partial charge in [0, 0.05) is 32.7 Å². The van der Waals surface area contributed by atoms with Gasteiger partial charge in [0.05, 0.1) is 5.56 Å². The van der Waals surface area contributed by atoms with E-state index in [0.29, 0.717) is 17.5 Å². The Balaban J connectivity index is 1.28. The molecule has 3 aromatic heterocycles. The van der Waals surface area contributed by atoms with E-state index in [9.17, 15) is 0 Å². The van der Waals surface area contributed by atoms with Crippen LogP contribution in [0.15, 0.2) is 160 Å². The molecule has 10 rings (SSSR count). The molecule has 0 saturated carbocycles. The lowest BCUT2D eigenvalue weighted by Gasteiger charge is -2.11. The van der Waals surface area contributed by atoms with Gasteiger partial charge in [-0.25, -0.2) is 15.0 Å². The molecule has 0 aliphatic carbocycles. The van der Waals surface area contributed by atoms with E-state index in [-0.39, 0.29) is 0 Å². The van der Waals surface area contributed by atoms with Crippen LogP contribution in [0.3, 0.4) is 0 Å². The van der Waals surface area contributed by atoms with Crippen LogP contribution in [0.4, 0.5) is 0 Å². The van der Waals surface area contributed by atoms with Crippen LogP contribution in [0, 0.1) is 0 Å². The van der Waals surface area contributed by atoms with Crippen molar-refractivity contribution in [3.8, 4) is 45.3 Å². The van der Waals surface area contributed by atoms with Crippen LogP contribution in [0.1, 0.15) is 0 Å². The molecule has 0 saturated heterocycles. The van der Waals surface area contributed by atoms with Gasteiger partial charge < -0.3 is 8.83 Å². The molecule has 48 heavy (non-hydrogen) atoms. The standard InChI is InChI=1S/C43H25N3O2/c1-2-12-27(13-3-1)30-16-9-21-36-38(30)39-33(18-10-22-37(39)47-36)42-44-41(29-24-23-26-11-4-5-14-28(26)25-29)45-43(46-42)34-19-8-17-32-31-15-6-7-20-35(31)48-40(32)34/h1-25H. The summed E-state index contributed by atoms with van der Waals surface area (Å²) in [6.45, 7) is 0. The molecule has 0 unspecified atom stereocenters. The molecule has 0 aliphatic rings. The predicted molar refractivity (Wildman–Crippen MR) is 194 cm³/mol. The van der Waals surface area contributed by atoms with Crippen molar-refractivity contribution in [3.63, 3.8) is 0 Å². The van der Waals surface area contributed by atoms with Crippen LogP contribution in [-0.2, 0) is 0 Å². The highest BCUT2D eigenvalue weighted by Crippen LogP contribution is 2.42. The Hall–Kier alpha value is -6.59. The van der Waals surface area contributed by atoms with Gasteiger partial charge in [0.2, 0.25) is 0 Å². The highest BCUT2D eigenvalue weighted by molar-refractivity contribution is 6.17. The Kier molecular flexibility index (Phi) is 5.81. The summed E-state index contributed by atoms with van der Waals surface area (Å²) < 4.78 is 12.9. The van der Waals surface area contributed by atoms with E-state index in [2.05, 4.69) is 84.9 Å². The van der Waals surface area contributed by atoms with Crippen molar-refractivity contribution >= 4 is 54.6 Å². The van der Waals surface area contributed by atoms with E-state index in [0.717, 1.165) is 82.5 Å². The molecule has 7 aromatic carbocycles. The molecule has 0 N–H and O–H groups in total. The first-order valence-electron chi connectivity index (χ1n) is 15.9. The second-order valence-corrected chi connectivity index (χ2v) is 12.0. The van der Waals surface area contributed by atoms with Crippen molar-refractivity contribution in [3.05, 3.63) is 152 Å². The molecule has 0 bridgehead atoms. The van der Waals surface area contributed by atoms with Crippen LogP contribution in [0.25, 0.3) is 99.9 Å². The summed E-state index contributed by atoms with van der Waals surface area (Å²) in [6, 6.07) is 51.6. The minimum absolute atomic E-state index is 0.543. The summed E-state index contributed by atoms with van der Waals surface area (Å²) in [5.41, 5.74) is 7.96. The maximum absolute atomic E-state index is 6.46. The van der Waals surface area contributed by atoms with E-state index in [4.69, 9.17) is 23.8 Å². The number of nitrogens with zero attached hydrogens (tertiary/aromatic N) is 3. The van der Waals surface area contributed by atoms with Crippen molar-refractivity contribution in [2.45, 2.75) is 0 Å². The van der Waals surface area contributed by atoms with Gasteiger partial charge in [-0.05, 0) is 52.2 Å². The number of fused-ring (bicyclic) bond motifs is 7. The molecule has 3 heterocycles. The van der Waals surface area contributed by atoms with Gasteiger partial charge >= 0.3 is 0 Å². The number of benzene rings is 7. The summed E-state index contributed by atoms with van der Waals surface area (Å²) >= 11 is 0. The largest absolute Gasteiger partial charge is 0.456 e. The third kappa shape index (κ3) is 4.15. The lowest BCUT2D eigenvalue weighted by Crippen LogP contribution is -2.00. The smallest absolute Gasteiger partial charge is 0.167 e. The number of aromatic nitrogens is 3. The number of hydrogen-bond donors (Lipinski definition) is 0. The fourth-order valence-electron chi connectivity index (χ4n) is 6.91. The molecule has 0 amide bonds. The lowest BCUT2D eigenvalue weighted by molar-refractivity contribution is 0.668. The number of para-hydroxylation sites is 2. The van der Waals surface area contributed by atoms with Gasteiger partial charge in [0.25, 0.3) is 0 Å². The molecular formula is C43H25N3O2. The molecule has 0 atom stereocenters. The first-order valence-corrected chi connectivity index (χ1v) is 15.9. The Morgan fingerprint density at radius 2 is 0.958 bits per heavy atom. The van der Waals surface area contributed by atoms with Crippen LogP contribution in [0.2, 0.25) is 0 Å². The summed E-state index contributed by atoms with van der Waals surface area (Å²) in [4.78, 5) is 15.5. The Morgan fingerprint density at radius 3 is 1.81 bits per heavy atom. The van der Waals surface area contributed by atoms with Crippen LogP contribution >= 0.6 is 0 Å². The minimum Gasteiger partial charge on any atom is -0.456 e. The zero-order valence-corrected chi connectivity index (χ0v) is 25.6. The van der Waals surface area contributed by atoms with Crippen molar-refractivity contribution in [1.82, 2.24) is 15.0 Å². The van der Waals surface area contributed by atoms with Gasteiger partial charge in [-0.15, -0.1) is 0 Å². The van der Waals surface area contributed by atoms with E-state index in [1.165, 1.54) is 0 Å². The van der Waals surface area contributed by atoms with Crippen molar-refractivity contribution in [2.75, 3.05) is 0 Å². The monoisotopic (exact) mass is 615 g/mol. The van der Waals surface area contributed by atoms with Crippen molar-refractivity contribution in [1.29, 1.82) is 0 Å². The molecule has 0 fully saturated rings. The Labute approximate surface area is 274 Å². The number of furan rings is 2. The van der Waals surface area contributed by atoms with Gasteiger partial charge in [-0.3, -0.25) is 0 Å². The van der Waals surface area contributed by atoms with Crippen LogP contribution in [-0.4, -0.2) is 15.0 Å². The fraction of sp³-hybridized carbons (Fsp3) is 0. The topological polar surface area (TPSA) is 65.0 Å². The summed E-state index contributed by atoms with van der Waals surface area (Å²) in [5.74, 6) is 1.69. The van der Waals surface area contributed by atoms with Crippen molar-refractivity contribution in [2.24, 2.45) is 0 Å². The zero-order chi connectivity index (χ0) is 31.6. The van der Waals surface area contributed by atoms with Gasteiger partial charge in [-0.1, -0.05) is 121 Å². The molecule has 0 spiro atoms. The third-order valence-electron chi connectivity index (χ3n) is 9.14. The van der Waals surface area contributed by atoms with Crippen LogP contribution in [0.5, 0.6) is 0 Å². The number of rotatable bonds is 4. The van der Waals surface area contributed by atoms with Gasteiger partial charge in [0.15, 0.2) is 17.5 Å². The first kappa shape index (κ1) is 26.6. The molecule has 0 aliphatic heterocycles. The van der Waals surface area contributed by atoms with E-state index >= 15 is 0 Å². The molecule has 5 nitrogen and oxygen atoms in total. The second kappa shape index (κ2) is 10.5. The molecule has 5 heteroatoms.